The standard InChI is InChI=1S/C25H34N2S/c1-8-11-22(12-9-2)17-28-23-13-14-25(26)24(16-23)19(5)15-20(6)27-21(7)18(4)10-3/h8-9,11-16,27H,1,6,10,17,26H2,2-5,7H3/b12-9-,19-15+,21-18-,22-11+. The van der Waals surface area contributed by atoms with Gasteiger partial charge in [-0.25, -0.2) is 0 Å². The van der Waals surface area contributed by atoms with E-state index in [0.717, 1.165) is 40.4 Å². The first-order valence-electron chi connectivity index (χ1n) is 9.59. The van der Waals surface area contributed by atoms with Crippen LogP contribution in [0.5, 0.6) is 0 Å². The largest absolute Gasteiger partial charge is 0.398 e. The lowest BCUT2D eigenvalue weighted by Crippen LogP contribution is -2.10. The quantitative estimate of drug-likeness (QED) is 0.249. The minimum atomic E-state index is 0.776. The van der Waals surface area contributed by atoms with Crippen molar-refractivity contribution in [1.82, 2.24) is 5.32 Å². The van der Waals surface area contributed by atoms with Gasteiger partial charge in [-0.15, -0.1) is 11.8 Å². The number of nitrogen functional groups attached to an aromatic ring is 1. The molecular formula is C25H34N2S. The van der Waals surface area contributed by atoms with Crippen LogP contribution in [0.3, 0.4) is 0 Å². The Morgan fingerprint density at radius 2 is 1.96 bits per heavy atom. The van der Waals surface area contributed by atoms with E-state index in [0.29, 0.717) is 0 Å². The molecule has 0 aliphatic heterocycles. The second-order valence-electron chi connectivity index (χ2n) is 6.75. The molecule has 0 amide bonds. The van der Waals surface area contributed by atoms with Crippen molar-refractivity contribution in [2.24, 2.45) is 0 Å². The minimum absolute atomic E-state index is 0.776. The molecule has 2 nitrogen and oxygen atoms in total. The van der Waals surface area contributed by atoms with E-state index >= 15 is 0 Å². The topological polar surface area (TPSA) is 38.0 Å². The summed E-state index contributed by atoms with van der Waals surface area (Å²) in [6.07, 6.45) is 11.1. The van der Waals surface area contributed by atoms with Crippen molar-refractivity contribution >= 4 is 23.0 Å². The van der Waals surface area contributed by atoms with Crippen LogP contribution in [0.4, 0.5) is 5.69 Å². The van der Waals surface area contributed by atoms with Crippen LogP contribution >= 0.6 is 11.8 Å². The smallest absolute Gasteiger partial charge is 0.0391 e. The van der Waals surface area contributed by atoms with E-state index in [1.54, 1.807) is 11.8 Å². The number of anilines is 1. The molecule has 1 aromatic carbocycles. The van der Waals surface area contributed by atoms with E-state index in [-0.39, 0.29) is 0 Å². The van der Waals surface area contributed by atoms with Gasteiger partial charge in [-0.3, -0.25) is 0 Å². The van der Waals surface area contributed by atoms with Gasteiger partial charge >= 0.3 is 0 Å². The summed E-state index contributed by atoms with van der Waals surface area (Å²) in [5.41, 5.74) is 13.7. The van der Waals surface area contributed by atoms with Crippen LogP contribution < -0.4 is 11.1 Å². The van der Waals surface area contributed by atoms with Crippen molar-refractivity contribution in [3.8, 4) is 0 Å². The first-order chi connectivity index (χ1) is 13.3. The molecule has 0 saturated carbocycles. The maximum Gasteiger partial charge on any atom is 0.0391 e. The molecule has 0 aliphatic carbocycles. The molecule has 0 bridgehead atoms. The van der Waals surface area contributed by atoms with Gasteiger partial charge in [0.1, 0.15) is 0 Å². The molecular weight excluding hydrogens is 360 g/mol. The number of nitrogens with two attached hydrogens (primary N) is 1. The van der Waals surface area contributed by atoms with Crippen molar-refractivity contribution in [3.63, 3.8) is 0 Å². The van der Waals surface area contributed by atoms with Gasteiger partial charge in [-0.05, 0) is 69.5 Å². The van der Waals surface area contributed by atoms with Crippen LogP contribution in [0.1, 0.15) is 46.6 Å². The van der Waals surface area contributed by atoms with Gasteiger partial charge in [0.2, 0.25) is 0 Å². The molecule has 28 heavy (non-hydrogen) atoms. The second-order valence-corrected chi connectivity index (χ2v) is 7.80. The number of rotatable bonds is 10. The number of hydrogen-bond acceptors (Lipinski definition) is 3. The third kappa shape index (κ3) is 7.69. The fraction of sp³-hybridized carbons (Fsp3) is 0.280. The van der Waals surface area contributed by atoms with Gasteiger partial charge in [0.05, 0.1) is 0 Å². The Bertz CT molecular complexity index is 823. The third-order valence-corrected chi connectivity index (χ3v) is 5.54. The van der Waals surface area contributed by atoms with Crippen LogP contribution in [0, 0.1) is 0 Å². The molecule has 1 aromatic rings. The highest BCUT2D eigenvalue weighted by atomic mass is 32.2. The Morgan fingerprint density at radius 3 is 2.57 bits per heavy atom. The number of hydrogen-bond donors (Lipinski definition) is 2. The van der Waals surface area contributed by atoms with Gasteiger partial charge in [-0.2, -0.15) is 0 Å². The van der Waals surface area contributed by atoms with E-state index in [4.69, 9.17) is 5.73 Å². The maximum absolute atomic E-state index is 6.24. The van der Waals surface area contributed by atoms with Gasteiger partial charge < -0.3 is 11.1 Å². The molecule has 0 saturated heterocycles. The van der Waals surface area contributed by atoms with Gasteiger partial charge in [0.15, 0.2) is 0 Å². The van der Waals surface area contributed by atoms with E-state index in [1.807, 2.05) is 31.2 Å². The lowest BCUT2D eigenvalue weighted by molar-refractivity contribution is 0.934. The SMILES string of the molecule is C=C/C=C(\C=C/C)CSc1ccc(N)c(/C(C)=C/C(=C)N/C(C)=C(/C)CC)c1. The van der Waals surface area contributed by atoms with Crippen LogP contribution in [0.2, 0.25) is 0 Å². The summed E-state index contributed by atoms with van der Waals surface area (Å²) in [6.45, 7) is 18.4. The van der Waals surface area contributed by atoms with Crippen molar-refractivity contribution in [2.75, 3.05) is 11.5 Å². The van der Waals surface area contributed by atoms with Gasteiger partial charge in [-0.1, -0.05) is 50.0 Å². The first-order valence-corrected chi connectivity index (χ1v) is 10.6. The molecule has 1 rings (SSSR count). The average molecular weight is 395 g/mol. The van der Waals surface area contributed by atoms with Crippen molar-refractivity contribution in [3.05, 3.63) is 89.8 Å². The Labute approximate surface area is 175 Å². The molecule has 3 heteroatoms. The Hall–Kier alpha value is -2.39. The molecule has 150 valence electrons. The molecule has 0 aliphatic rings. The highest BCUT2D eigenvalue weighted by Crippen LogP contribution is 2.29. The highest BCUT2D eigenvalue weighted by molar-refractivity contribution is 7.99. The molecule has 0 radical (unpaired) electrons. The van der Waals surface area contributed by atoms with Crippen LogP contribution in [0.25, 0.3) is 5.57 Å². The third-order valence-electron chi connectivity index (χ3n) is 4.48. The zero-order valence-corrected chi connectivity index (χ0v) is 18.7. The van der Waals surface area contributed by atoms with Crippen molar-refractivity contribution < 1.29 is 0 Å². The normalized spacial score (nSPS) is 13.5. The molecule has 0 unspecified atom stereocenters. The highest BCUT2D eigenvalue weighted by Gasteiger charge is 2.06. The summed E-state index contributed by atoms with van der Waals surface area (Å²) >= 11 is 1.79. The monoisotopic (exact) mass is 394 g/mol. The predicted octanol–water partition coefficient (Wildman–Crippen LogP) is 7.26. The summed E-state index contributed by atoms with van der Waals surface area (Å²) in [7, 11) is 0. The maximum atomic E-state index is 6.24. The molecule has 3 N–H and O–H groups in total. The van der Waals surface area contributed by atoms with Crippen LogP contribution in [-0.2, 0) is 0 Å². The summed E-state index contributed by atoms with van der Waals surface area (Å²) in [6, 6.07) is 6.20. The average Bonchev–Trinajstić information content (AvgIpc) is 2.66. The van der Waals surface area contributed by atoms with E-state index in [1.165, 1.54) is 16.0 Å². The van der Waals surface area contributed by atoms with Crippen LogP contribution in [-0.4, -0.2) is 5.75 Å². The molecule has 0 aromatic heterocycles. The fourth-order valence-corrected chi connectivity index (χ4v) is 3.53. The zero-order valence-electron chi connectivity index (χ0n) is 17.9. The molecule has 0 spiro atoms. The number of benzene rings is 1. The number of allylic oxidation sites excluding steroid dienone is 8. The molecule has 0 atom stereocenters. The summed E-state index contributed by atoms with van der Waals surface area (Å²) in [5, 5.41) is 3.37. The van der Waals surface area contributed by atoms with E-state index in [9.17, 15) is 0 Å². The lowest BCUT2D eigenvalue weighted by atomic mass is 10.0. The summed E-state index contributed by atoms with van der Waals surface area (Å²) < 4.78 is 0. The second kappa shape index (κ2) is 12.1. The minimum Gasteiger partial charge on any atom is -0.398 e. The number of thioether (sulfide) groups is 1. The summed E-state index contributed by atoms with van der Waals surface area (Å²) in [5.74, 6) is 0.886. The molecule has 0 heterocycles. The van der Waals surface area contributed by atoms with Crippen LogP contribution in [0.15, 0.2) is 89.2 Å². The van der Waals surface area contributed by atoms with Crippen molar-refractivity contribution in [1.29, 1.82) is 0 Å². The fourth-order valence-electron chi connectivity index (χ4n) is 2.64. The Kier molecular flexibility index (Phi) is 10.3. The Balaban J connectivity index is 2.99. The van der Waals surface area contributed by atoms with E-state index < -0.39 is 0 Å². The zero-order chi connectivity index (χ0) is 21.1. The lowest BCUT2D eigenvalue weighted by Gasteiger charge is -2.13. The Morgan fingerprint density at radius 1 is 1.25 bits per heavy atom. The van der Waals surface area contributed by atoms with Gasteiger partial charge in [0.25, 0.3) is 0 Å². The van der Waals surface area contributed by atoms with Gasteiger partial charge in [0, 0.05) is 33.3 Å². The predicted molar refractivity (Wildman–Crippen MR) is 129 cm³/mol. The first kappa shape index (κ1) is 23.6. The summed E-state index contributed by atoms with van der Waals surface area (Å²) in [4.78, 5) is 1.19. The van der Waals surface area contributed by atoms with E-state index in [2.05, 4.69) is 70.5 Å². The van der Waals surface area contributed by atoms with Crippen molar-refractivity contribution in [2.45, 2.75) is 45.9 Å². The number of nitrogens with one attached hydrogen (secondary N) is 1. The molecule has 0 fully saturated rings.